The Morgan fingerprint density at radius 3 is 2.79 bits per heavy atom. The fourth-order valence-electron chi connectivity index (χ4n) is 4.73. The average Bonchev–Trinajstić information content (AvgIpc) is 3.10. The van der Waals surface area contributed by atoms with E-state index in [0.29, 0.717) is 12.0 Å². The second-order valence-corrected chi connectivity index (χ2v) is 10.3. The van der Waals surface area contributed by atoms with Gasteiger partial charge in [-0.25, -0.2) is 9.59 Å². The van der Waals surface area contributed by atoms with Crippen molar-refractivity contribution in [2.45, 2.75) is 62.7 Å². The van der Waals surface area contributed by atoms with Gasteiger partial charge in [0.25, 0.3) is 0 Å². The van der Waals surface area contributed by atoms with Gasteiger partial charge in [0, 0.05) is 35.5 Å². The molecule has 1 unspecified atom stereocenters. The van der Waals surface area contributed by atoms with Crippen LogP contribution in [0.25, 0.3) is 0 Å². The van der Waals surface area contributed by atoms with E-state index in [9.17, 15) is 19.2 Å². The zero-order chi connectivity index (χ0) is 24.1. The van der Waals surface area contributed by atoms with Crippen molar-refractivity contribution >= 4 is 35.6 Å². The zero-order valence-corrected chi connectivity index (χ0v) is 19.2. The van der Waals surface area contributed by atoms with Crippen molar-refractivity contribution in [3.8, 4) is 0 Å². The molecule has 3 N–H and O–H groups in total. The second-order valence-electron chi connectivity index (χ2n) is 9.19. The molecule has 1 aliphatic carbocycles. The highest BCUT2D eigenvalue weighted by Gasteiger charge is 2.66. The Morgan fingerprint density at radius 1 is 1.39 bits per heavy atom. The molecule has 2 fully saturated rings. The molecule has 180 valence electrons. The van der Waals surface area contributed by atoms with E-state index >= 15 is 0 Å². The maximum atomic E-state index is 12.9. The molecule has 2 bridgehead atoms. The van der Waals surface area contributed by atoms with Crippen LogP contribution in [0.3, 0.4) is 0 Å². The molecule has 8 atom stereocenters. The molecule has 0 amide bonds. The molecule has 4 rings (SSSR count). The van der Waals surface area contributed by atoms with Gasteiger partial charge in [0.05, 0.1) is 17.4 Å². The number of hydrogen-bond donors (Lipinski definition) is 2. The van der Waals surface area contributed by atoms with E-state index in [2.05, 4.69) is 6.58 Å². The first-order chi connectivity index (χ1) is 15.5. The van der Waals surface area contributed by atoms with Crippen molar-refractivity contribution < 1.29 is 43.2 Å². The minimum Gasteiger partial charge on any atom is -0.480 e. The van der Waals surface area contributed by atoms with Crippen molar-refractivity contribution in [1.29, 1.82) is 0 Å². The monoisotopic (exact) mass is 481 g/mol. The summed E-state index contributed by atoms with van der Waals surface area (Å²) in [7, 11) is 0. The van der Waals surface area contributed by atoms with E-state index in [1.165, 1.54) is 18.7 Å². The van der Waals surface area contributed by atoms with E-state index in [4.69, 9.17) is 29.8 Å². The number of aliphatic carboxylic acids is 1. The number of rotatable bonds is 7. The van der Waals surface area contributed by atoms with Gasteiger partial charge in [-0.2, -0.15) is 11.8 Å². The molecule has 0 saturated carbocycles. The molecular formula is C22H27NO9S. The lowest BCUT2D eigenvalue weighted by molar-refractivity contribution is -0.150. The van der Waals surface area contributed by atoms with Gasteiger partial charge in [0.1, 0.15) is 30.5 Å². The van der Waals surface area contributed by atoms with Gasteiger partial charge in [0.2, 0.25) is 0 Å². The van der Waals surface area contributed by atoms with Gasteiger partial charge in [0.15, 0.2) is 0 Å². The fourth-order valence-corrected chi connectivity index (χ4v) is 5.87. The molecule has 33 heavy (non-hydrogen) atoms. The van der Waals surface area contributed by atoms with Crippen LogP contribution in [0, 0.1) is 11.8 Å². The van der Waals surface area contributed by atoms with Gasteiger partial charge in [-0.05, 0) is 19.9 Å². The molecule has 0 aromatic heterocycles. The number of carbonyl (C=O) groups is 4. The van der Waals surface area contributed by atoms with Gasteiger partial charge < -0.3 is 29.8 Å². The first-order valence-electron chi connectivity index (χ1n) is 10.7. The maximum absolute atomic E-state index is 12.9. The van der Waals surface area contributed by atoms with Crippen LogP contribution in [-0.4, -0.2) is 76.5 Å². The van der Waals surface area contributed by atoms with Crippen LogP contribution in [0.2, 0.25) is 0 Å². The van der Waals surface area contributed by atoms with Crippen LogP contribution >= 0.6 is 11.8 Å². The molecule has 11 heteroatoms. The summed E-state index contributed by atoms with van der Waals surface area (Å²) in [6.07, 6.45) is -0.240. The van der Waals surface area contributed by atoms with Crippen LogP contribution < -0.4 is 5.73 Å². The molecule has 3 aliphatic heterocycles. The highest BCUT2D eigenvalue weighted by molar-refractivity contribution is 7.99. The molecule has 0 spiro atoms. The molecule has 3 heterocycles. The predicted molar refractivity (Wildman–Crippen MR) is 115 cm³/mol. The lowest BCUT2D eigenvalue weighted by Gasteiger charge is -2.30. The molecular weight excluding hydrogens is 454 g/mol. The summed E-state index contributed by atoms with van der Waals surface area (Å²) in [5.41, 5.74) is 5.48. The summed E-state index contributed by atoms with van der Waals surface area (Å²) in [4.78, 5) is 48.9. The lowest BCUT2D eigenvalue weighted by Crippen LogP contribution is -2.42. The van der Waals surface area contributed by atoms with Gasteiger partial charge in [-0.3, -0.25) is 9.59 Å². The minimum absolute atomic E-state index is 0.0609. The van der Waals surface area contributed by atoms with Crippen LogP contribution in [0.4, 0.5) is 0 Å². The molecule has 0 aromatic carbocycles. The number of carboxylic acids is 1. The molecule has 0 aromatic rings. The van der Waals surface area contributed by atoms with Crippen LogP contribution in [0.5, 0.6) is 0 Å². The number of nitrogens with two attached hydrogens (primary N) is 1. The fraction of sp³-hybridized carbons (Fsp3) is 0.636. The summed E-state index contributed by atoms with van der Waals surface area (Å²) in [6.45, 7) is 7.00. The first-order valence-corrected chi connectivity index (χ1v) is 11.9. The summed E-state index contributed by atoms with van der Waals surface area (Å²) in [5.74, 6) is -3.73. The van der Waals surface area contributed by atoms with E-state index in [1.807, 2.05) is 6.92 Å². The van der Waals surface area contributed by atoms with Crippen molar-refractivity contribution in [3.05, 3.63) is 23.8 Å². The lowest BCUT2D eigenvalue weighted by atomic mass is 9.79. The summed E-state index contributed by atoms with van der Waals surface area (Å²) in [6, 6.07) is -1.07. The summed E-state index contributed by atoms with van der Waals surface area (Å²) >= 11 is 1.21. The number of epoxide rings is 1. The zero-order valence-electron chi connectivity index (χ0n) is 18.4. The predicted octanol–water partition coefficient (Wildman–Crippen LogP) is 0.580. The van der Waals surface area contributed by atoms with Crippen molar-refractivity contribution in [2.24, 2.45) is 17.6 Å². The van der Waals surface area contributed by atoms with Crippen LogP contribution in [0.15, 0.2) is 23.8 Å². The van der Waals surface area contributed by atoms with Gasteiger partial charge in [-0.1, -0.05) is 6.58 Å². The number of fused-ring (bicyclic) bond motifs is 4. The average molecular weight is 482 g/mol. The SMILES string of the molecule is C=C(C)C(=O)O[C@H]1CC2=C[C@@H](C[C@@]3(C)O[C@H]3[C@H]3OC(=O)C(CSC[C@H](N)C(=O)O)[C@@H]31)OC2=O. The topological polar surface area (TPSA) is 155 Å². The standard InChI is InChI=1S/C22H27NO9S/c1-9(2)19(26)30-14-5-10-4-11(29-20(10)27)6-22(3)17(32-22)16-15(14)12(21(28)31-16)7-33-8-13(23)18(24)25/h4,11-17H,1,5-8,23H2,2-3H3,(H,24,25)/t11-,12?,13-,14-,15+,16-,17-,22+/m0/s1. The van der Waals surface area contributed by atoms with Crippen LogP contribution in [-0.2, 0) is 38.1 Å². The van der Waals surface area contributed by atoms with E-state index in [-0.39, 0.29) is 23.5 Å². The number of hydrogen-bond acceptors (Lipinski definition) is 10. The minimum atomic E-state index is -1.13. The highest BCUT2D eigenvalue weighted by atomic mass is 32.2. The number of ether oxygens (including phenoxy) is 4. The van der Waals surface area contributed by atoms with Crippen molar-refractivity contribution in [1.82, 2.24) is 0 Å². The van der Waals surface area contributed by atoms with Gasteiger partial charge >= 0.3 is 23.9 Å². The third-order valence-corrected chi connectivity index (χ3v) is 7.71. The van der Waals surface area contributed by atoms with Crippen LogP contribution in [0.1, 0.15) is 26.7 Å². The second kappa shape index (κ2) is 8.77. The van der Waals surface area contributed by atoms with Gasteiger partial charge in [-0.15, -0.1) is 0 Å². The largest absolute Gasteiger partial charge is 0.480 e. The third kappa shape index (κ3) is 4.67. The third-order valence-electron chi connectivity index (χ3n) is 6.52. The molecule has 0 radical (unpaired) electrons. The molecule has 10 nitrogen and oxygen atoms in total. The summed E-state index contributed by atoms with van der Waals surface area (Å²) < 4.78 is 22.9. The Morgan fingerprint density at radius 2 is 2.12 bits per heavy atom. The van der Waals surface area contributed by atoms with Crippen molar-refractivity contribution in [3.63, 3.8) is 0 Å². The summed E-state index contributed by atoms with van der Waals surface area (Å²) in [5, 5.41) is 9.02. The number of carboxylic acid groups (broad SMARTS) is 1. The quantitative estimate of drug-likeness (QED) is 0.227. The Labute approximate surface area is 194 Å². The molecule has 4 aliphatic rings. The van der Waals surface area contributed by atoms with E-state index < -0.39 is 71.8 Å². The number of esters is 3. The first kappa shape index (κ1) is 23.8. The molecule has 2 saturated heterocycles. The normalized spacial score (nSPS) is 37.6. The Hall–Kier alpha value is -2.37. The van der Waals surface area contributed by atoms with E-state index in [0.717, 1.165) is 0 Å². The number of carbonyl (C=O) groups excluding carboxylic acids is 3. The highest BCUT2D eigenvalue weighted by Crippen LogP contribution is 2.52. The Kier molecular flexibility index (Phi) is 6.32. The smallest absolute Gasteiger partial charge is 0.334 e. The van der Waals surface area contributed by atoms with E-state index in [1.54, 1.807) is 6.08 Å². The number of thioether (sulfide) groups is 1. The van der Waals surface area contributed by atoms with Crippen molar-refractivity contribution in [2.75, 3.05) is 11.5 Å². The Bertz CT molecular complexity index is 933. The maximum Gasteiger partial charge on any atom is 0.334 e. The Balaban J connectivity index is 1.64.